The first-order chi connectivity index (χ1) is 11.6. The lowest BCUT2D eigenvalue weighted by atomic mass is 10.0. The number of carbonyl (C=O) groups is 1. The topological polar surface area (TPSA) is 57.5 Å². The monoisotopic (exact) mass is 332 g/mol. The molecule has 0 aliphatic heterocycles. The highest BCUT2D eigenvalue weighted by Gasteiger charge is 2.02. The minimum absolute atomic E-state index is 0.176. The van der Waals surface area contributed by atoms with Crippen LogP contribution in [0.15, 0.2) is 60.8 Å². The van der Waals surface area contributed by atoms with E-state index in [0.29, 0.717) is 19.3 Å². The summed E-state index contributed by atoms with van der Waals surface area (Å²) in [7, 11) is 0. The quantitative estimate of drug-likeness (QED) is 0.333. The van der Waals surface area contributed by atoms with E-state index in [1.165, 1.54) is 0 Å². The van der Waals surface area contributed by atoms with Crippen LogP contribution >= 0.6 is 0 Å². The van der Waals surface area contributed by atoms with Gasteiger partial charge in [-0.3, -0.25) is 4.79 Å². The van der Waals surface area contributed by atoms with Crippen LogP contribution in [-0.4, -0.2) is 22.3 Å². The van der Waals surface area contributed by atoms with E-state index >= 15 is 0 Å². The first kappa shape index (κ1) is 22.1. The lowest BCUT2D eigenvalue weighted by Gasteiger charge is -2.07. The zero-order valence-corrected chi connectivity index (χ0v) is 14.9. The van der Waals surface area contributed by atoms with E-state index < -0.39 is 12.1 Å². The Morgan fingerprint density at radius 1 is 1.00 bits per heavy atom. The summed E-state index contributed by atoms with van der Waals surface area (Å²) in [6, 6.07) is 0. The summed E-state index contributed by atoms with van der Waals surface area (Å²) in [6.45, 7) is 6.05. The van der Waals surface area contributed by atoms with Gasteiger partial charge in [-0.1, -0.05) is 67.7 Å². The van der Waals surface area contributed by atoms with Crippen molar-refractivity contribution < 1.29 is 15.0 Å². The second-order valence-electron chi connectivity index (χ2n) is 5.74. The second kappa shape index (κ2) is 16.0. The number of aliphatic hydroxyl groups is 1. The minimum atomic E-state index is -0.773. The fraction of sp³-hybridized carbons (Fsp3) is 0.476. The lowest BCUT2D eigenvalue weighted by molar-refractivity contribution is -0.137. The molecule has 0 amide bonds. The first-order valence-electron chi connectivity index (χ1n) is 8.76. The molecule has 0 aliphatic rings. The van der Waals surface area contributed by atoms with Gasteiger partial charge in [0.25, 0.3) is 0 Å². The molecule has 0 unspecified atom stereocenters. The average molecular weight is 332 g/mol. The number of aliphatic hydroxyl groups excluding tert-OH is 1. The van der Waals surface area contributed by atoms with Crippen molar-refractivity contribution in [2.45, 2.75) is 64.4 Å². The Labute approximate surface area is 146 Å². The molecule has 0 aliphatic carbocycles. The number of hydrogen-bond donors (Lipinski definition) is 2. The molecule has 0 rings (SSSR count). The van der Waals surface area contributed by atoms with Crippen molar-refractivity contribution in [2.75, 3.05) is 0 Å². The Morgan fingerprint density at radius 3 is 2.33 bits per heavy atom. The molecule has 0 aromatic rings. The molecule has 0 radical (unpaired) electrons. The van der Waals surface area contributed by atoms with Crippen molar-refractivity contribution in [2.24, 2.45) is 0 Å². The van der Waals surface area contributed by atoms with E-state index in [1.54, 1.807) is 6.08 Å². The third kappa shape index (κ3) is 16.5. The van der Waals surface area contributed by atoms with Crippen molar-refractivity contribution in [3.63, 3.8) is 0 Å². The lowest BCUT2D eigenvalue weighted by Crippen LogP contribution is -2.02. The van der Waals surface area contributed by atoms with E-state index in [2.05, 4.69) is 37.8 Å². The molecule has 134 valence electrons. The van der Waals surface area contributed by atoms with Gasteiger partial charge in [0, 0.05) is 6.42 Å². The summed E-state index contributed by atoms with van der Waals surface area (Å²) in [4.78, 5) is 10.4. The van der Waals surface area contributed by atoms with Gasteiger partial charge in [0.2, 0.25) is 0 Å². The number of carboxylic acid groups (broad SMARTS) is 1. The van der Waals surface area contributed by atoms with Crippen LogP contribution in [0.3, 0.4) is 0 Å². The van der Waals surface area contributed by atoms with Crippen molar-refractivity contribution in [3.8, 4) is 0 Å². The zero-order chi connectivity index (χ0) is 18.0. The van der Waals surface area contributed by atoms with Crippen molar-refractivity contribution in [3.05, 3.63) is 60.8 Å². The fourth-order valence-corrected chi connectivity index (χ4v) is 2.02. The molecule has 0 saturated heterocycles. The summed E-state index contributed by atoms with van der Waals surface area (Å²) in [5.41, 5.74) is 1.00. The highest BCUT2D eigenvalue weighted by atomic mass is 16.4. The maximum Gasteiger partial charge on any atom is 0.303 e. The van der Waals surface area contributed by atoms with Crippen LogP contribution in [0, 0.1) is 0 Å². The van der Waals surface area contributed by atoms with Gasteiger partial charge in [0.15, 0.2) is 0 Å². The Balaban J connectivity index is 3.75. The number of carboxylic acids is 1. The normalized spacial score (nSPS) is 13.6. The Bertz CT molecular complexity index is 456. The Hall–Kier alpha value is -1.87. The molecule has 24 heavy (non-hydrogen) atoms. The van der Waals surface area contributed by atoms with Crippen molar-refractivity contribution >= 4 is 5.97 Å². The maximum atomic E-state index is 10.4. The number of allylic oxidation sites excluding steroid dienone is 8. The molecule has 2 N–H and O–H groups in total. The zero-order valence-electron chi connectivity index (χ0n) is 14.9. The van der Waals surface area contributed by atoms with Crippen LogP contribution in [0.4, 0.5) is 0 Å². The van der Waals surface area contributed by atoms with Crippen LogP contribution in [-0.2, 0) is 4.79 Å². The van der Waals surface area contributed by atoms with Crippen LogP contribution in [0.25, 0.3) is 0 Å². The number of aliphatic carboxylic acids is 1. The van der Waals surface area contributed by atoms with E-state index in [-0.39, 0.29) is 6.42 Å². The van der Waals surface area contributed by atoms with Crippen LogP contribution < -0.4 is 0 Å². The summed E-state index contributed by atoms with van der Waals surface area (Å²) in [6.07, 6.45) is 21.5. The van der Waals surface area contributed by atoms with Crippen molar-refractivity contribution in [1.82, 2.24) is 0 Å². The van der Waals surface area contributed by atoms with Gasteiger partial charge in [-0.25, -0.2) is 0 Å². The first-order valence-corrected chi connectivity index (χ1v) is 8.76. The third-order valence-corrected chi connectivity index (χ3v) is 3.41. The summed E-state index contributed by atoms with van der Waals surface area (Å²) >= 11 is 0. The molecule has 0 bridgehead atoms. The van der Waals surface area contributed by atoms with Gasteiger partial charge in [0.1, 0.15) is 0 Å². The molecule has 3 nitrogen and oxygen atoms in total. The van der Waals surface area contributed by atoms with Gasteiger partial charge in [-0.05, 0) is 44.9 Å². The van der Waals surface area contributed by atoms with E-state index in [4.69, 9.17) is 5.11 Å². The third-order valence-electron chi connectivity index (χ3n) is 3.41. The van der Waals surface area contributed by atoms with Gasteiger partial charge >= 0.3 is 5.97 Å². The SMILES string of the molecule is C=C(CCCC(=O)O)CC[C@H](O)/C=C/C=C\C/C=C\C/C=C\CC. The predicted octanol–water partition coefficient (Wildman–Crippen LogP) is 5.35. The van der Waals surface area contributed by atoms with Crippen molar-refractivity contribution in [1.29, 1.82) is 0 Å². The minimum Gasteiger partial charge on any atom is -0.481 e. The van der Waals surface area contributed by atoms with Crippen LogP contribution in [0.1, 0.15) is 58.3 Å². The van der Waals surface area contributed by atoms with Gasteiger partial charge in [-0.2, -0.15) is 0 Å². The largest absolute Gasteiger partial charge is 0.481 e. The van der Waals surface area contributed by atoms with Crippen LogP contribution in [0.2, 0.25) is 0 Å². The molecular weight excluding hydrogens is 300 g/mol. The Kier molecular flexibility index (Phi) is 14.8. The number of hydrogen-bond acceptors (Lipinski definition) is 2. The number of rotatable bonds is 14. The molecule has 0 spiro atoms. The molecular formula is C21H32O3. The summed E-state index contributed by atoms with van der Waals surface area (Å²) in [5.74, 6) is -0.773. The van der Waals surface area contributed by atoms with Gasteiger partial charge in [-0.15, -0.1) is 0 Å². The molecule has 0 fully saturated rings. The van der Waals surface area contributed by atoms with E-state index in [1.807, 2.05) is 18.2 Å². The second-order valence-corrected chi connectivity index (χ2v) is 5.74. The molecule has 0 aromatic heterocycles. The van der Waals surface area contributed by atoms with E-state index in [9.17, 15) is 9.90 Å². The molecule has 0 saturated carbocycles. The smallest absolute Gasteiger partial charge is 0.303 e. The van der Waals surface area contributed by atoms with Gasteiger partial charge in [0.05, 0.1) is 6.10 Å². The summed E-state index contributed by atoms with van der Waals surface area (Å²) < 4.78 is 0. The molecule has 0 heterocycles. The predicted molar refractivity (Wildman–Crippen MR) is 102 cm³/mol. The highest BCUT2D eigenvalue weighted by Crippen LogP contribution is 2.13. The standard InChI is InChI=1S/C21H32O3/c1-3-4-5-6-7-8-9-10-11-12-15-20(22)18-17-19(2)14-13-16-21(23)24/h4-5,7-8,10-12,15,20,22H,2-3,6,9,13-14,16-18H2,1H3,(H,23,24)/b5-4-,8-7-,11-10-,15-12+/t20-/m1/s1. The maximum absolute atomic E-state index is 10.4. The molecule has 3 heteroatoms. The average Bonchev–Trinajstić information content (AvgIpc) is 2.54. The van der Waals surface area contributed by atoms with Gasteiger partial charge < -0.3 is 10.2 Å². The summed E-state index contributed by atoms with van der Waals surface area (Å²) in [5, 5.41) is 18.4. The molecule has 0 aromatic carbocycles. The van der Waals surface area contributed by atoms with Crippen LogP contribution in [0.5, 0.6) is 0 Å². The molecule has 1 atom stereocenters. The van der Waals surface area contributed by atoms with E-state index in [0.717, 1.165) is 31.3 Å². The highest BCUT2D eigenvalue weighted by molar-refractivity contribution is 5.66. The fourth-order valence-electron chi connectivity index (χ4n) is 2.02. The Morgan fingerprint density at radius 2 is 1.67 bits per heavy atom.